The number of nitrogens with one attached hydrogen (secondary N) is 1. The van der Waals surface area contributed by atoms with E-state index in [1.807, 2.05) is 43.6 Å². The zero-order valence-electron chi connectivity index (χ0n) is 16.5. The Bertz CT molecular complexity index is 934. The molecule has 0 spiro atoms. The monoisotopic (exact) mass is 381 g/mol. The second-order valence-electron chi connectivity index (χ2n) is 7.15. The second-order valence-corrected chi connectivity index (χ2v) is 7.15. The summed E-state index contributed by atoms with van der Waals surface area (Å²) in [4.78, 5) is 7.06. The molecule has 3 heterocycles. The number of fused-ring (bicyclic) bond motifs is 1. The van der Waals surface area contributed by atoms with Crippen LogP contribution in [-0.2, 0) is 7.05 Å². The van der Waals surface area contributed by atoms with Crippen LogP contribution in [0.2, 0.25) is 0 Å². The van der Waals surface area contributed by atoms with Gasteiger partial charge in [0.05, 0.1) is 13.7 Å². The minimum atomic E-state index is 0.675. The molecule has 0 saturated carbocycles. The lowest BCUT2D eigenvalue weighted by molar-refractivity contribution is 0.254. The van der Waals surface area contributed by atoms with Gasteiger partial charge in [0, 0.05) is 36.9 Å². The smallest absolute Gasteiger partial charge is 0.183 e. The van der Waals surface area contributed by atoms with Crippen LogP contribution in [0.5, 0.6) is 11.5 Å². The van der Waals surface area contributed by atoms with Crippen molar-refractivity contribution in [2.75, 3.05) is 38.7 Å². The average Bonchev–Trinajstić information content (AvgIpc) is 3.33. The van der Waals surface area contributed by atoms with Crippen molar-refractivity contribution in [2.45, 2.75) is 19.3 Å². The summed E-state index contributed by atoms with van der Waals surface area (Å²) in [7, 11) is 3.56. The molecule has 1 aliphatic rings. The number of rotatable bonds is 8. The van der Waals surface area contributed by atoms with Crippen molar-refractivity contribution in [3.8, 4) is 11.5 Å². The number of likely N-dealkylation sites (tertiary alicyclic amines) is 1. The Hall–Kier alpha value is -2.80. The highest BCUT2D eigenvalue weighted by molar-refractivity contribution is 5.77. The van der Waals surface area contributed by atoms with Crippen LogP contribution < -0.4 is 14.8 Å². The Morgan fingerprint density at radius 1 is 1.11 bits per heavy atom. The lowest BCUT2D eigenvalue weighted by Crippen LogP contribution is -2.21. The summed E-state index contributed by atoms with van der Waals surface area (Å²) in [6, 6.07) is 9.79. The molecule has 0 atom stereocenters. The molecular formula is C21H27N5O2. The fourth-order valence-electron chi connectivity index (χ4n) is 3.58. The number of aryl methyl sites for hydroxylation is 1. The first-order valence-electron chi connectivity index (χ1n) is 9.82. The van der Waals surface area contributed by atoms with E-state index in [0.29, 0.717) is 6.61 Å². The maximum absolute atomic E-state index is 6.01. The summed E-state index contributed by atoms with van der Waals surface area (Å²) >= 11 is 0. The maximum atomic E-state index is 6.01. The SMILES string of the molecule is COc1ccc(Nc2ccc3cn(C)nc3n2)cc1OCCCN1CCCC1. The van der Waals surface area contributed by atoms with Crippen molar-refractivity contribution in [1.82, 2.24) is 19.7 Å². The van der Waals surface area contributed by atoms with E-state index in [4.69, 9.17) is 9.47 Å². The molecule has 7 nitrogen and oxygen atoms in total. The molecule has 0 radical (unpaired) electrons. The van der Waals surface area contributed by atoms with Crippen LogP contribution in [0.15, 0.2) is 36.5 Å². The highest BCUT2D eigenvalue weighted by Crippen LogP contribution is 2.31. The minimum absolute atomic E-state index is 0.675. The predicted octanol–water partition coefficient (Wildman–Crippen LogP) is 3.59. The van der Waals surface area contributed by atoms with E-state index in [9.17, 15) is 0 Å². The molecule has 1 aromatic carbocycles. The van der Waals surface area contributed by atoms with E-state index in [0.717, 1.165) is 47.0 Å². The summed E-state index contributed by atoms with van der Waals surface area (Å²) in [6.45, 7) is 4.20. The van der Waals surface area contributed by atoms with Crippen LogP contribution in [-0.4, -0.2) is 53.0 Å². The van der Waals surface area contributed by atoms with Gasteiger partial charge in [0.1, 0.15) is 5.82 Å². The number of hydrogen-bond donors (Lipinski definition) is 1. The molecule has 4 rings (SSSR count). The number of methoxy groups -OCH3 is 1. The number of benzene rings is 1. The molecule has 1 N–H and O–H groups in total. The van der Waals surface area contributed by atoms with E-state index in [1.165, 1.54) is 25.9 Å². The first-order valence-corrected chi connectivity index (χ1v) is 9.82. The Labute approximate surface area is 165 Å². The lowest BCUT2D eigenvalue weighted by atomic mass is 10.2. The molecule has 3 aromatic rings. The predicted molar refractivity (Wildman–Crippen MR) is 111 cm³/mol. The zero-order valence-corrected chi connectivity index (χ0v) is 16.5. The molecule has 1 saturated heterocycles. The number of nitrogens with zero attached hydrogens (tertiary/aromatic N) is 4. The van der Waals surface area contributed by atoms with Gasteiger partial charge in [-0.25, -0.2) is 4.98 Å². The van der Waals surface area contributed by atoms with E-state index in [2.05, 4.69) is 20.3 Å². The van der Waals surface area contributed by atoms with Gasteiger partial charge in [0.25, 0.3) is 0 Å². The molecule has 0 aliphatic carbocycles. The largest absolute Gasteiger partial charge is 0.493 e. The van der Waals surface area contributed by atoms with Crippen LogP contribution >= 0.6 is 0 Å². The van der Waals surface area contributed by atoms with Gasteiger partial charge in [0.2, 0.25) is 0 Å². The third-order valence-electron chi connectivity index (χ3n) is 4.99. The van der Waals surface area contributed by atoms with Crippen LogP contribution in [0, 0.1) is 0 Å². The second kappa shape index (κ2) is 8.48. The van der Waals surface area contributed by atoms with Crippen LogP contribution in [0.1, 0.15) is 19.3 Å². The van der Waals surface area contributed by atoms with Gasteiger partial charge in [-0.15, -0.1) is 0 Å². The summed E-state index contributed by atoms with van der Waals surface area (Å²) < 4.78 is 13.2. The number of aromatic nitrogens is 3. The van der Waals surface area contributed by atoms with E-state index < -0.39 is 0 Å². The third-order valence-corrected chi connectivity index (χ3v) is 4.99. The average molecular weight is 381 g/mol. The highest BCUT2D eigenvalue weighted by atomic mass is 16.5. The number of hydrogen-bond acceptors (Lipinski definition) is 6. The Kier molecular flexibility index (Phi) is 5.62. The van der Waals surface area contributed by atoms with Crippen molar-refractivity contribution in [3.63, 3.8) is 0 Å². The van der Waals surface area contributed by atoms with Gasteiger partial charge in [-0.3, -0.25) is 4.68 Å². The summed E-state index contributed by atoms with van der Waals surface area (Å²) in [6.07, 6.45) is 5.60. The molecule has 1 fully saturated rings. The normalized spacial score (nSPS) is 14.5. The van der Waals surface area contributed by atoms with Crippen LogP contribution in [0.4, 0.5) is 11.5 Å². The molecule has 2 aromatic heterocycles. The first-order chi connectivity index (χ1) is 13.7. The van der Waals surface area contributed by atoms with Crippen molar-refractivity contribution < 1.29 is 9.47 Å². The quantitative estimate of drug-likeness (QED) is 0.602. The molecule has 28 heavy (non-hydrogen) atoms. The van der Waals surface area contributed by atoms with Gasteiger partial charge in [0.15, 0.2) is 17.1 Å². The zero-order chi connectivity index (χ0) is 19.3. The summed E-state index contributed by atoms with van der Waals surface area (Å²) in [5, 5.41) is 8.71. The first kappa shape index (κ1) is 18.6. The van der Waals surface area contributed by atoms with E-state index in [1.54, 1.807) is 11.8 Å². The standard InChI is InChI=1S/C21H27N5O2/c1-25-15-16-6-9-20(23-21(16)24-25)22-17-7-8-18(27-2)19(14-17)28-13-5-12-26-10-3-4-11-26/h6-9,14-15H,3-5,10-13H2,1-2H3,(H,22,23,24). The third kappa shape index (κ3) is 4.36. The Morgan fingerprint density at radius 3 is 2.79 bits per heavy atom. The summed E-state index contributed by atoms with van der Waals surface area (Å²) in [5.41, 5.74) is 1.62. The van der Waals surface area contributed by atoms with Crippen molar-refractivity contribution in [1.29, 1.82) is 0 Å². The van der Waals surface area contributed by atoms with Crippen LogP contribution in [0.25, 0.3) is 11.0 Å². The van der Waals surface area contributed by atoms with Gasteiger partial charge in [-0.1, -0.05) is 0 Å². The molecule has 7 heteroatoms. The van der Waals surface area contributed by atoms with Gasteiger partial charge in [-0.05, 0) is 56.6 Å². The van der Waals surface area contributed by atoms with Gasteiger partial charge in [-0.2, -0.15) is 5.10 Å². The minimum Gasteiger partial charge on any atom is -0.493 e. The van der Waals surface area contributed by atoms with Crippen molar-refractivity contribution >= 4 is 22.5 Å². The number of anilines is 2. The van der Waals surface area contributed by atoms with E-state index >= 15 is 0 Å². The molecule has 0 bridgehead atoms. The Balaban J connectivity index is 1.41. The molecule has 148 valence electrons. The van der Waals surface area contributed by atoms with Gasteiger partial charge < -0.3 is 19.7 Å². The number of pyridine rings is 1. The van der Waals surface area contributed by atoms with Crippen LogP contribution in [0.3, 0.4) is 0 Å². The molecular weight excluding hydrogens is 354 g/mol. The Morgan fingerprint density at radius 2 is 1.96 bits per heavy atom. The fourth-order valence-corrected chi connectivity index (χ4v) is 3.58. The highest BCUT2D eigenvalue weighted by Gasteiger charge is 2.11. The van der Waals surface area contributed by atoms with Crippen molar-refractivity contribution in [3.05, 3.63) is 36.5 Å². The molecule has 0 unspecified atom stereocenters. The summed E-state index contributed by atoms with van der Waals surface area (Å²) in [5.74, 6) is 2.23. The topological polar surface area (TPSA) is 64.4 Å². The number of ether oxygens (including phenoxy) is 2. The van der Waals surface area contributed by atoms with Gasteiger partial charge >= 0.3 is 0 Å². The molecule has 0 amide bonds. The molecule has 1 aliphatic heterocycles. The fraction of sp³-hybridized carbons (Fsp3) is 0.429. The van der Waals surface area contributed by atoms with E-state index in [-0.39, 0.29) is 0 Å². The lowest BCUT2D eigenvalue weighted by Gasteiger charge is -2.16. The maximum Gasteiger partial charge on any atom is 0.183 e. The van der Waals surface area contributed by atoms with Crippen molar-refractivity contribution in [2.24, 2.45) is 7.05 Å².